The van der Waals surface area contributed by atoms with Crippen molar-refractivity contribution in [3.63, 3.8) is 0 Å². The standard InChI is InChI=1S/C20H26ClFN2O2/c1-2-5-17-13-19(26-14-15-12-16(21)6-7-18(15)22)24(23-17)11-10-20(25)8-3-4-9-20/h6-7,12-13,25H,2-5,8-11,14H2,1H3. The van der Waals surface area contributed by atoms with Crippen LogP contribution in [0.3, 0.4) is 0 Å². The van der Waals surface area contributed by atoms with Crippen LogP contribution in [0.1, 0.15) is 56.7 Å². The first-order valence-electron chi connectivity index (χ1n) is 9.35. The van der Waals surface area contributed by atoms with Gasteiger partial charge in [-0.2, -0.15) is 5.10 Å². The van der Waals surface area contributed by atoms with Crippen LogP contribution in [0.5, 0.6) is 5.88 Å². The molecule has 6 heteroatoms. The maximum atomic E-state index is 13.9. The zero-order chi connectivity index (χ0) is 18.6. The smallest absolute Gasteiger partial charge is 0.212 e. The lowest BCUT2D eigenvalue weighted by atomic mass is 9.98. The molecule has 1 heterocycles. The third kappa shape index (κ3) is 4.77. The van der Waals surface area contributed by atoms with E-state index >= 15 is 0 Å². The molecule has 0 unspecified atom stereocenters. The van der Waals surface area contributed by atoms with Crippen molar-refractivity contribution in [1.82, 2.24) is 9.78 Å². The summed E-state index contributed by atoms with van der Waals surface area (Å²) in [6.45, 7) is 2.78. The number of aromatic nitrogens is 2. The maximum absolute atomic E-state index is 13.9. The zero-order valence-corrected chi connectivity index (χ0v) is 15.9. The van der Waals surface area contributed by atoms with Gasteiger partial charge in [0.1, 0.15) is 12.4 Å². The Morgan fingerprint density at radius 2 is 2.08 bits per heavy atom. The molecule has 1 aliphatic carbocycles. The molecule has 0 amide bonds. The predicted molar refractivity (Wildman–Crippen MR) is 100.0 cm³/mol. The van der Waals surface area contributed by atoms with Gasteiger partial charge in [-0.15, -0.1) is 0 Å². The van der Waals surface area contributed by atoms with E-state index in [0.29, 0.717) is 29.4 Å². The minimum Gasteiger partial charge on any atom is -0.473 e. The largest absolute Gasteiger partial charge is 0.473 e. The average Bonchev–Trinajstić information content (AvgIpc) is 3.21. The Kier molecular flexibility index (Phi) is 6.20. The molecule has 26 heavy (non-hydrogen) atoms. The quantitative estimate of drug-likeness (QED) is 0.708. The first-order valence-corrected chi connectivity index (χ1v) is 9.73. The van der Waals surface area contributed by atoms with Crippen LogP contribution in [0.4, 0.5) is 4.39 Å². The topological polar surface area (TPSA) is 47.3 Å². The number of hydrogen-bond donors (Lipinski definition) is 1. The van der Waals surface area contributed by atoms with Crippen molar-refractivity contribution in [2.45, 2.75) is 70.6 Å². The molecule has 4 nitrogen and oxygen atoms in total. The van der Waals surface area contributed by atoms with Crippen LogP contribution in [0.25, 0.3) is 0 Å². The minimum absolute atomic E-state index is 0.0912. The molecule has 2 aromatic rings. The number of halogens is 2. The lowest BCUT2D eigenvalue weighted by Crippen LogP contribution is -2.26. The van der Waals surface area contributed by atoms with Gasteiger partial charge in [0.15, 0.2) is 0 Å². The molecule has 1 aliphatic rings. The number of aliphatic hydroxyl groups is 1. The number of aryl methyl sites for hydroxylation is 2. The van der Waals surface area contributed by atoms with E-state index in [1.54, 1.807) is 10.7 Å². The molecule has 0 bridgehead atoms. The summed E-state index contributed by atoms with van der Waals surface area (Å²) in [6, 6.07) is 6.35. The average molecular weight is 381 g/mol. The van der Waals surface area contributed by atoms with E-state index in [1.165, 1.54) is 12.1 Å². The minimum atomic E-state index is -0.590. The number of benzene rings is 1. The number of rotatable bonds is 8. The van der Waals surface area contributed by atoms with E-state index < -0.39 is 5.60 Å². The number of nitrogens with zero attached hydrogens (tertiary/aromatic N) is 2. The molecule has 0 radical (unpaired) electrons. The Balaban J connectivity index is 1.71. The van der Waals surface area contributed by atoms with E-state index in [2.05, 4.69) is 12.0 Å². The van der Waals surface area contributed by atoms with E-state index in [9.17, 15) is 9.50 Å². The van der Waals surface area contributed by atoms with Gasteiger partial charge in [0.2, 0.25) is 5.88 Å². The first kappa shape index (κ1) is 19.2. The van der Waals surface area contributed by atoms with Gasteiger partial charge in [-0.05, 0) is 43.9 Å². The Bertz CT molecular complexity index is 741. The van der Waals surface area contributed by atoms with Crippen LogP contribution >= 0.6 is 11.6 Å². The van der Waals surface area contributed by atoms with E-state index in [-0.39, 0.29) is 12.4 Å². The fourth-order valence-corrected chi connectivity index (χ4v) is 3.70. The van der Waals surface area contributed by atoms with Gasteiger partial charge in [-0.1, -0.05) is 37.8 Å². The van der Waals surface area contributed by atoms with Gasteiger partial charge in [0.25, 0.3) is 0 Å². The summed E-state index contributed by atoms with van der Waals surface area (Å²) >= 11 is 5.95. The third-order valence-corrected chi connectivity index (χ3v) is 5.24. The lowest BCUT2D eigenvalue weighted by molar-refractivity contribution is 0.0326. The summed E-state index contributed by atoms with van der Waals surface area (Å²) in [4.78, 5) is 0. The molecule has 1 fully saturated rings. The highest BCUT2D eigenvalue weighted by molar-refractivity contribution is 6.30. The normalized spacial score (nSPS) is 16.2. The monoisotopic (exact) mass is 380 g/mol. The van der Waals surface area contributed by atoms with Crippen LogP contribution in [0, 0.1) is 5.82 Å². The van der Waals surface area contributed by atoms with E-state index in [1.807, 2.05) is 6.07 Å². The lowest BCUT2D eigenvalue weighted by Gasteiger charge is -2.22. The highest BCUT2D eigenvalue weighted by Gasteiger charge is 2.31. The number of hydrogen-bond acceptors (Lipinski definition) is 3. The highest BCUT2D eigenvalue weighted by atomic mass is 35.5. The van der Waals surface area contributed by atoms with E-state index in [4.69, 9.17) is 16.3 Å². The van der Waals surface area contributed by atoms with Crippen molar-refractivity contribution in [1.29, 1.82) is 0 Å². The summed E-state index contributed by atoms with van der Waals surface area (Å²) in [7, 11) is 0. The molecular weight excluding hydrogens is 355 g/mol. The van der Waals surface area contributed by atoms with Crippen molar-refractivity contribution in [2.75, 3.05) is 0 Å². The van der Waals surface area contributed by atoms with Crippen molar-refractivity contribution >= 4 is 11.6 Å². The molecule has 0 atom stereocenters. The van der Waals surface area contributed by atoms with Gasteiger partial charge < -0.3 is 9.84 Å². The third-order valence-electron chi connectivity index (χ3n) is 5.01. The van der Waals surface area contributed by atoms with Gasteiger partial charge in [-0.25, -0.2) is 9.07 Å². The fraction of sp³-hybridized carbons (Fsp3) is 0.550. The predicted octanol–water partition coefficient (Wildman–Crippen LogP) is 4.90. The van der Waals surface area contributed by atoms with Gasteiger partial charge in [0, 0.05) is 23.2 Å². The molecule has 142 valence electrons. The van der Waals surface area contributed by atoms with Crippen LogP contribution in [-0.2, 0) is 19.6 Å². The number of ether oxygens (including phenoxy) is 1. The molecule has 1 aromatic carbocycles. The molecule has 1 aromatic heterocycles. The molecule has 0 aliphatic heterocycles. The second kappa shape index (κ2) is 8.40. The molecule has 1 N–H and O–H groups in total. The summed E-state index contributed by atoms with van der Waals surface area (Å²) in [5.41, 5.74) is 0.775. The van der Waals surface area contributed by atoms with Gasteiger partial charge in [0.05, 0.1) is 11.3 Å². The van der Waals surface area contributed by atoms with E-state index in [0.717, 1.165) is 44.2 Å². The summed E-state index contributed by atoms with van der Waals surface area (Å²) in [5, 5.41) is 15.7. The second-order valence-corrected chi connectivity index (χ2v) is 7.59. The molecule has 0 spiro atoms. The second-order valence-electron chi connectivity index (χ2n) is 7.15. The Labute approximate surface area is 158 Å². The van der Waals surface area contributed by atoms with Crippen molar-refractivity contribution < 1.29 is 14.2 Å². The van der Waals surface area contributed by atoms with Crippen molar-refractivity contribution in [2.24, 2.45) is 0 Å². The molecular formula is C20H26ClFN2O2. The zero-order valence-electron chi connectivity index (χ0n) is 15.2. The highest BCUT2D eigenvalue weighted by Crippen LogP contribution is 2.33. The summed E-state index contributed by atoms with van der Waals surface area (Å²) in [6.07, 6.45) is 6.35. The van der Waals surface area contributed by atoms with Crippen molar-refractivity contribution in [3.8, 4) is 5.88 Å². The maximum Gasteiger partial charge on any atom is 0.212 e. The fourth-order valence-electron chi connectivity index (χ4n) is 3.51. The SMILES string of the molecule is CCCc1cc(OCc2cc(Cl)ccc2F)n(CCC2(O)CCCC2)n1. The molecule has 1 saturated carbocycles. The summed E-state index contributed by atoms with van der Waals surface area (Å²) < 4.78 is 21.6. The summed E-state index contributed by atoms with van der Waals surface area (Å²) in [5.74, 6) is 0.268. The van der Waals surface area contributed by atoms with Crippen LogP contribution in [-0.4, -0.2) is 20.5 Å². The van der Waals surface area contributed by atoms with Crippen LogP contribution in [0.2, 0.25) is 5.02 Å². The van der Waals surface area contributed by atoms with Gasteiger partial charge >= 0.3 is 0 Å². The first-order chi connectivity index (χ1) is 12.5. The Hall–Kier alpha value is -1.59. The Morgan fingerprint density at radius 3 is 2.81 bits per heavy atom. The van der Waals surface area contributed by atoms with Crippen LogP contribution < -0.4 is 4.74 Å². The van der Waals surface area contributed by atoms with Gasteiger partial charge in [-0.3, -0.25) is 0 Å². The van der Waals surface area contributed by atoms with Crippen molar-refractivity contribution in [3.05, 3.63) is 46.4 Å². The van der Waals surface area contributed by atoms with Crippen LogP contribution in [0.15, 0.2) is 24.3 Å². The molecule has 3 rings (SSSR count). The Morgan fingerprint density at radius 1 is 1.31 bits per heavy atom. The molecule has 0 saturated heterocycles.